The van der Waals surface area contributed by atoms with Crippen molar-refractivity contribution in [3.8, 4) is 11.5 Å². The van der Waals surface area contributed by atoms with Gasteiger partial charge in [0.25, 0.3) is 0 Å². The maximum absolute atomic E-state index is 5.50. The Balaban J connectivity index is 1.54. The molecule has 1 fully saturated rings. The third-order valence-electron chi connectivity index (χ3n) is 4.53. The fourth-order valence-corrected chi connectivity index (χ4v) is 3.20. The molecule has 0 saturated carbocycles. The molecule has 5 heteroatoms. The molecular formula is C19H25N3O2. The number of nitrogens with zero attached hydrogens (tertiary/aromatic N) is 2. The molecule has 0 radical (unpaired) electrons. The van der Waals surface area contributed by atoms with Crippen molar-refractivity contribution >= 4 is 5.82 Å². The normalized spacial score (nSPS) is 15.3. The molecular weight excluding hydrogens is 302 g/mol. The van der Waals surface area contributed by atoms with Gasteiger partial charge in [0, 0.05) is 37.4 Å². The Morgan fingerprint density at radius 3 is 2.58 bits per heavy atom. The number of aromatic nitrogens is 1. The number of pyridine rings is 1. The highest BCUT2D eigenvalue weighted by atomic mass is 16.5. The fourth-order valence-electron chi connectivity index (χ4n) is 3.20. The van der Waals surface area contributed by atoms with E-state index in [1.165, 1.54) is 0 Å². The first-order valence-corrected chi connectivity index (χ1v) is 8.41. The third-order valence-corrected chi connectivity index (χ3v) is 4.53. The van der Waals surface area contributed by atoms with E-state index in [1.54, 1.807) is 14.2 Å². The molecule has 1 saturated heterocycles. The first-order chi connectivity index (χ1) is 11.8. The van der Waals surface area contributed by atoms with Crippen molar-refractivity contribution in [1.29, 1.82) is 0 Å². The molecule has 2 aromatic rings. The van der Waals surface area contributed by atoms with E-state index in [0.29, 0.717) is 6.04 Å². The van der Waals surface area contributed by atoms with Gasteiger partial charge in [-0.25, -0.2) is 4.98 Å². The second kappa shape index (κ2) is 8.02. The molecule has 128 valence electrons. The lowest BCUT2D eigenvalue weighted by Gasteiger charge is -2.33. The zero-order chi connectivity index (χ0) is 16.8. The van der Waals surface area contributed by atoms with E-state index < -0.39 is 0 Å². The monoisotopic (exact) mass is 327 g/mol. The number of para-hydroxylation sites is 1. The number of ether oxygens (including phenoxy) is 2. The van der Waals surface area contributed by atoms with Crippen molar-refractivity contribution < 1.29 is 9.47 Å². The second-order valence-corrected chi connectivity index (χ2v) is 5.98. The summed E-state index contributed by atoms with van der Waals surface area (Å²) in [6, 6.07) is 12.6. The van der Waals surface area contributed by atoms with Gasteiger partial charge in [-0.1, -0.05) is 18.2 Å². The predicted octanol–water partition coefficient (Wildman–Crippen LogP) is 2.86. The standard InChI is InChI=1S/C19H25N3O2/c1-23-17-7-5-6-15(19(17)24-2)14-21-16-9-12-22(13-10-16)18-8-3-4-11-20-18/h3-8,11,16,21H,9-10,12-14H2,1-2H3. The Morgan fingerprint density at radius 2 is 1.92 bits per heavy atom. The molecule has 0 spiro atoms. The average Bonchev–Trinajstić information content (AvgIpc) is 2.67. The van der Waals surface area contributed by atoms with E-state index in [4.69, 9.17) is 9.47 Å². The summed E-state index contributed by atoms with van der Waals surface area (Å²) in [5, 5.41) is 3.65. The van der Waals surface area contributed by atoms with E-state index in [2.05, 4.69) is 27.3 Å². The van der Waals surface area contributed by atoms with Gasteiger partial charge >= 0.3 is 0 Å². The number of methoxy groups -OCH3 is 2. The molecule has 3 rings (SSSR count). The second-order valence-electron chi connectivity index (χ2n) is 5.98. The molecule has 1 aliphatic heterocycles. The molecule has 0 unspecified atom stereocenters. The Morgan fingerprint density at radius 1 is 1.08 bits per heavy atom. The number of benzene rings is 1. The van der Waals surface area contributed by atoms with Crippen LogP contribution in [-0.2, 0) is 6.54 Å². The van der Waals surface area contributed by atoms with Gasteiger partial charge in [-0.2, -0.15) is 0 Å². The van der Waals surface area contributed by atoms with Crippen molar-refractivity contribution in [3.05, 3.63) is 48.2 Å². The van der Waals surface area contributed by atoms with Crippen LogP contribution in [0.3, 0.4) is 0 Å². The Hall–Kier alpha value is -2.27. The number of rotatable bonds is 6. The SMILES string of the molecule is COc1cccc(CNC2CCN(c3ccccn3)CC2)c1OC. The number of hydrogen-bond acceptors (Lipinski definition) is 5. The fraction of sp³-hybridized carbons (Fsp3) is 0.421. The van der Waals surface area contributed by atoms with E-state index >= 15 is 0 Å². The largest absolute Gasteiger partial charge is 0.493 e. The average molecular weight is 327 g/mol. The number of nitrogens with one attached hydrogen (secondary N) is 1. The predicted molar refractivity (Wildman–Crippen MR) is 95.9 cm³/mol. The van der Waals surface area contributed by atoms with Crippen molar-refractivity contribution in [2.75, 3.05) is 32.2 Å². The Bertz CT molecular complexity index is 640. The molecule has 1 aromatic heterocycles. The molecule has 0 amide bonds. The van der Waals surface area contributed by atoms with Crippen LogP contribution in [0.25, 0.3) is 0 Å². The highest BCUT2D eigenvalue weighted by Gasteiger charge is 2.20. The van der Waals surface area contributed by atoms with Crippen LogP contribution in [0, 0.1) is 0 Å². The Labute approximate surface area is 143 Å². The highest BCUT2D eigenvalue weighted by Crippen LogP contribution is 2.30. The third kappa shape index (κ3) is 3.79. The summed E-state index contributed by atoms with van der Waals surface area (Å²) in [5.74, 6) is 2.67. The maximum atomic E-state index is 5.50. The van der Waals surface area contributed by atoms with Gasteiger partial charge in [0.2, 0.25) is 0 Å². The van der Waals surface area contributed by atoms with Crippen LogP contribution in [0.15, 0.2) is 42.6 Å². The van der Waals surface area contributed by atoms with Gasteiger partial charge in [-0.05, 0) is 31.0 Å². The van der Waals surface area contributed by atoms with Gasteiger partial charge < -0.3 is 19.7 Å². The van der Waals surface area contributed by atoms with Crippen LogP contribution in [0.4, 0.5) is 5.82 Å². The molecule has 24 heavy (non-hydrogen) atoms. The van der Waals surface area contributed by atoms with E-state index in [-0.39, 0.29) is 0 Å². The van der Waals surface area contributed by atoms with Gasteiger partial charge in [0.15, 0.2) is 11.5 Å². The van der Waals surface area contributed by atoms with Crippen LogP contribution in [0.5, 0.6) is 11.5 Å². The summed E-state index contributed by atoms with van der Waals surface area (Å²) in [5.41, 5.74) is 1.13. The molecule has 1 N–H and O–H groups in total. The summed E-state index contributed by atoms with van der Waals surface area (Å²) >= 11 is 0. The first kappa shape index (κ1) is 16.6. The van der Waals surface area contributed by atoms with Crippen LogP contribution < -0.4 is 19.7 Å². The van der Waals surface area contributed by atoms with Crippen molar-refractivity contribution in [2.24, 2.45) is 0 Å². The summed E-state index contributed by atoms with van der Waals surface area (Å²) in [6.45, 7) is 2.85. The van der Waals surface area contributed by atoms with Crippen LogP contribution >= 0.6 is 0 Å². The molecule has 0 aliphatic carbocycles. The smallest absolute Gasteiger partial charge is 0.165 e. The number of piperidine rings is 1. The van der Waals surface area contributed by atoms with Gasteiger partial charge in [0.05, 0.1) is 14.2 Å². The number of hydrogen-bond donors (Lipinski definition) is 1. The molecule has 0 bridgehead atoms. The lowest BCUT2D eigenvalue weighted by molar-refractivity contribution is 0.347. The minimum atomic E-state index is 0.515. The van der Waals surface area contributed by atoms with Crippen LogP contribution in [0.2, 0.25) is 0 Å². The number of anilines is 1. The molecule has 2 heterocycles. The summed E-state index contributed by atoms with van der Waals surface area (Å²) < 4.78 is 10.9. The minimum absolute atomic E-state index is 0.515. The van der Waals surface area contributed by atoms with Gasteiger partial charge in [-0.15, -0.1) is 0 Å². The first-order valence-electron chi connectivity index (χ1n) is 8.41. The van der Waals surface area contributed by atoms with Gasteiger partial charge in [0.1, 0.15) is 5.82 Å². The van der Waals surface area contributed by atoms with E-state index in [1.807, 2.05) is 30.5 Å². The van der Waals surface area contributed by atoms with E-state index in [9.17, 15) is 0 Å². The van der Waals surface area contributed by atoms with Crippen LogP contribution in [0.1, 0.15) is 18.4 Å². The summed E-state index contributed by atoms with van der Waals surface area (Å²) in [4.78, 5) is 6.79. The van der Waals surface area contributed by atoms with Crippen molar-refractivity contribution in [2.45, 2.75) is 25.4 Å². The zero-order valence-corrected chi connectivity index (χ0v) is 14.4. The quantitative estimate of drug-likeness (QED) is 0.884. The lowest BCUT2D eigenvalue weighted by atomic mass is 10.0. The molecule has 0 atom stereocenters. The van der Waals surface area contributed by atoms with Crippen LogP contribution in [-0.4, -0.2) is 38.3 Å². The zero-order valence-electron chi connectivity index (χ0n) is 14.4. The molecule has 5 nitrogen and oxygen atoms in total. The van der Waals surface area contributed by atoms with Crippen molar-refractivity contribution in [3.63, 3.8) is 0 Å². The topological polar surface area (TPSA) is 46.6 Å². The van der Waals surface area contributed by atoms with E-state index in [0.717, 1.165) is 55.4 Å². The minimum Gasteiger partial charge on any atom is -0.493 e. The van der Waals surface area contributed by atoms with Crippen molar-refractivity contribution in [1.82, 2.24) is 10.3 Å². The molecule has 1 aliphatic rings. The highest BCUT2D eigenvalue weighted by molar-refractivity contribution is 5.46. The summed E-state index contributed by atoms with van der Waals surface area (Å²) in [6.07, 6.45) is 4.08. The van der Waals surface area contributed by atoms with Gasteiger partial charge in [-0.3, -0.25) is 0 Å². The maximum Gasteiger partial charge on any atom is 0.165 e. The Kier molecular flexibility index (Phi) is 5.54. The summed E-state index contributed by atoms with van der Waals surface area (Å²) in [7, 11) is 3.36. The lowest BCUT2D eigenvalue weighted by Crippen LogP contribution is -2.42. The molecule has 1 aromatic carbocycles.